The van der Waals surface area contributed by atoms with Crippen LogP contribution in [0.25, 0.3) is 0 Å². The Kier molecular flexibility index (Phi) is 5.72. The Labute approximate surface area is 145 Å². The van der Waals surface area contributed by atoms with Gasteiger partial charge in [0.15, 0.2) is 0 Å². The summed E-state index contributed by atoms with van der Waals surface area (Å²) in [4.78, 5) is 13.6. The van der Waals surface area contributed by atoms with Crippen LogP contribution in [0.2, 0.25) is 0 Å². The predicted molar refractivity (Wildman–Crippen MR) is 92.9 cm³/mol. The molecule has 126 valence electrons. The normalized spacial score (nSPS) is 26.1. The summed E-state index contributed by atoms with van der Waals surface area (Å²) in [6.45, 7) is 3.66. The van der Waals surface area contributed by atoms with Crippen LogP contribution in [0.3, 0.4) is 0 Å². The molecule has 1 saturated carbocycles. The van der Waals surface area contributed by atoms with E-state index in [0.29, 0.717) is 12.0 Å². The summed E-state index contributed by atoms with van der Waals surface area (Å²) in [5, 5.41) is 9.06. The Bertz CT molecular complexity index is 557. The highest BCUT2D eigenvalue weighted by atomic mass is 79.9. The van der Waals surface area contributed by atoms with Crippen LogP contribution in [0.5, 0.6) is 0 Å². The summed E-state index contributed by atoms with van der Waals surface area (Å²) in [7, 11) is 0. The van der Waals surface area contributed by atoms with E-state index in [9.17, 15) is 4.79 Å². The first kappa shape index (κ1) is 16.9. The number of halogens is 1. The number of morpholine rings is 1. The highest BCUT2D eigenvalue weighted by Gasteiger charge is 2.33. The van der Waals surface area contributed by atoms with Gasteiger partial charge in [-0.25, -0.2) is 0 Å². The fourth-order valence-electron chi connectivity index (χ4n) is 3.98. The third-order valence-electron chi connectivity index (χ3n) is 5.06. The molecule has 0 spiro atoms. The first-order valence-electron chi connectivity index (χ1n) is 8.47. The minimum absolute atomic E-state index is 0.0925. The maximum atomic E-state index is 11.0. The number of ether oxygens (including phenoxy) is 1. The molecule has 1 aliphatic heterocycles. The number of rotatable bonds is 4. The van der Waals surface area contributed by atoms with E-state index in [-0.39, 0.29) is 6.42 Å². The van der Waals surface area contributed by atoms with Crippen LogP contribution in [0.15, 0.2) is 22.7 Å². The van der Waals surface area contributed by atoms with Crippen LogP contribution >= 0.6 is 15.9 Å². The maximum Gasteiger partial charge on any atom is 0.307 e. The lowest BCUT2D eigenvalue weighted by Gasteiger charge is -2.42. The van der Waals surface area contributed by atoms with Crippen LogP contribution in [-0.2, 0) is 16.0 Å². The molecule has 2 atom stereocenters. The van der Waals surface area contributed by atoms with Gasteiger partial charge in [0.25, 0.3) is 0 Å². The zero-order chi connectivity index (χ0) is 16.2. The molecule has 1 N–H and O–H groups in total. The standard InChI is InChI=1S/C18H24BrNO3/c19-16-6-5-13(12-18(21)22)11-15(16)14-3-1-2-4-17(14)20-7-9-23-10-8-20/h5-6,11,14,17H,1-4,7-10,12H2,(H,21,22). The molecule has 0 aromatic heterocycles. The largest absolute Gasteiger partial charge is 0.481 e. The van der Waals surface area contributed by atoms with Crippen molar-refractivity contribution in [3.05, 3.63) is 33.8 Å². The molecule has 2 fully saturated rings. The molecule has 1 aromatic carbocycles. The van der Waals surface area contributed by atoms with Crippen molar-refractivity contribution in [1.82, 2.24) is 4.90 Å². The molecule has 3 rings (SSSR count). The maximum absolute atomic E-state index is 11.0. The van der Waals surface area contributed by atoms with Crippen LogP contribution in [0.4, 0.5) is 0 Å². The summed E-state index contributed by atoms with van der Waals surface area (Å²) < 4.78 is 6.61. The number of aliphatic carboxylic acids is 1. The lowest BCUT2D eigenvalue weighted by Crippen LogP contribution is -2.47. The third kappa shape index (κ3) is 4.14. The number of benzene rings is 1. The molecule has 0 radical (unpaired) electrons. The average Bonchev–Trinajstić information content (AvgIpc) is 2.57. The number of hydrogen-bond donors (Lipinski definition) is 1. The molecule has 1 heterocycles. The monoisotopic (exact) mass is 381 g/mol. The lowest BCUT2D eigenvalue weighted by molar-refractivity contribution is -0.136. The van der Waals surface area contributed by atoms with Gasteiger partial charge >= 0.3 is 5.97 Å². The average molecular weight is 382 g/mol. The van der Waals surface area contributed by atoms with Gasteiger partial charge in [-0.3, -0.25) is 9.69 Å². The molecule has 1 saturated heterocycles. The van der Waals surface area contributed by atoms with Crippen molar-refractivity contribution in [3.8, 4) is 0 Å². The van der Waals surface area contributed by atoms with Crippen LogP contribution in [0.1, 0.15) is 42.7 Å². The minimum Gasteiger partial charge on any atom is -0.481 e. The van der Waals surface area contributed by atoms with Crippen LogP contribution in [0, 0.1) is 0 Å². The van der Waals surface area contributed by atoms with Gasteiger partial charge in [-0.2, -0.15) is 0 Å². The third-order valence-corrected chi connectivity index (χ3v) is 5.78. The Hall–Kier alpha value is -0.910. The van der Waals surface area contributed by atoms with Crippen molar-refractivity contribution in [3.63, 3.8) is 0 Å². The molecular formula is C18H24BrNO3. The molecule has 0 amide bonds. The molecule has 1 aliphatic carbocycles. The van der Waals surface area contributed by atoms with Crippen molar-refractivity contribution in [1.29, 1.82) is 0 Å². The first-order chi connectivity index (χ1) is 11.1. The second-order valence-corrected chi connectivity index (χ2v) is 7.39. The molecule has 5 heteroatoms. The molecule has 1 aromatic rings. The van der Waals surface area contributed by atoms with E-state index >= 15 is 0 Å². The number of carboxylic acid groups (broad SMARTS) is 1. The number of nitrogens with zero attached hydrogens (tertiary/aromatic N) is 1. The molecule has 2 unspecified atom stereocenters. The van der Waals surface area contributed by atoms with Crippen LogP contribution < -0.4 is 0 Å². The number of hydrogen-bond acceptors (Lipinski definition) is 3. The summed E-state index contributed by atoms with van der Waals surface area (Å²) in [6, 6.07) is 6.57. The summed E-state index contributed by atoms with van der Waals surface area (Å²) in [6.07, 6.45) is 5.03. The van der Waals surface area contributed by atoms with Gasteiger partial charge in [0.1, 0.15) is 0 Å². The van der Waals surface area contributed by atoms with E-state index < -0.39 is 5.97 Å². The van der Waals surface area contributed by atoms with Gasteiger partial charge < -0.3 is 9.84 Å². The molecule has 2 aliphatic rings. The van der Waals surface area contributed by atoms with Gasteiger partial charge in [-0.15, -0.1) is 0 Å². The molecule has 23 heavy (non-hydrogen) atoms. The topological polar surface area (TPSA) is 49.8 Å². The van der Waals surface area contributed by atoms with E-state index in [1.807, 2.05) is 12.1 Å². The first-order valence-corrected chi connectivity index (χ1v) is 9.26. The zero-order valence-electron chi connectivity index (χ0n) is 13.3. The second kappa shape index (κ2) is 7.77. The Morgan fingerprint density at radius 3 is 2.74 bits per heavy atom. The SMILES string of the molecule is O=C(O)Cc1ccc(Br)c(C2CCCCC2N2CCOCC2)c1. The Morgan fingerprint density at radius 2 is 2.00 bits per heavy atom. The van der Waals surface area contributed by atoms with Crippen LogP contribution in [-0.4, -0.2) is 48.3 Å². The minimum atomic E-state index is -0.772. The van der Waals surface area contributed by atoms with Crippen molar-refractivity contribution in [2.75, 3.05) is 26.3 Å². The lowest BCUT2D eigenvalue weighted by atomic mass is 9.78. The Morgan fingerprint density at radius 1 is 1.26 bits per heavy atom. The highest BCUT2D eigenvalue weighted by Crippen LogP contribution is 2.39. The predicted octanol–water partition coefficient (Wildman–Crippen LogP) is 3.43. The molecule has 4 nitrogen and oxygen atoms in total. The van der Waals surface area contributed by atoms with E-state index in [2.05, 4.69) is 26.9 Å². The van der Waals surface area contributed by atoms with E-state index in [1.165, 1.54) is 31.2 Å². The number of carboxylic acids is 1. The summed E-state index contributed by atoms with van der Waals surface area (Å²) in [5.74, 6) is -0.295. The molecule has 0 bridgehead atoms. The van der Waals surface area contributed by atoms with E-state index in [4.69, 9.17) is 9.84 Å². The van der Waals surface area contributed by atoms with Gasteiger partial charge in [-0.05, 0) is 30.0 Å². The Balaban J connectivity index is 1.85. The smallest absolute Gasteiger partial charge is 0.307 e. The van der Waals surface area contributed by atoms with Gasteiger partial charge in [0.05, 0.1) is 19.6 Å². The summed E-state index contributed by atoms with van der Waals surface area (Å²) >= 11 is 3.69. The highest BCUT2D eigenvalue weighted by molar-refractivity contribution is 9.10. The fourth-order valence-corrected chi connectivity index (χ4v) is 4.52. The molecular weight excluding hydrogens is 358 g/mol. The van der Waals surface area contributed by atoms with Gasteiger partial charge in [0, 0.05) is 29.5 Å². The van der Waals surface area contributed by atoms with Gasteiger partial charge in [-0.1, -0.05) is 40.9 Å². The quantitative estimate of drug-likeness (QED) is 0.867. The number of carbonyl (C=O) groups is 1. The van der Waals surface area contributed by atoms with Gasteiger partial charge in [0.2, 0.25) is 0 Å². The zero-order valence-corrected chi connectivity index (χ0v) is 14.9. The van der Waals surface area contributed by atoms with E-state index in [1.54, 1.807) is 0 Å². The second-order valence-electron chi connectivity index (χ2n) is 6.53. The van der Waals surface area contributed by atoms with Crippen molar-refractivity contribution >= 4 is 21.9 Å². The van der Waals surface area contributed by atoms with E-state index in [0.717, 1.165) is 36.3 Å². The van der Waals surface area contributed by atoms with Crippen molar-refractivity contribution in [2.45, 2.75) is 44.1 Å². The van der Waals surface area contributed by atoms with Crippen molar-refractivity contribution in [2.24, 2.45) is 0 Å². The summed E-state index contributed by atoms with van der Waals surface area (Å²) in [5.41, 5.74) is 2.17. The van der Waals surface area contributed by atoms with Crippen molar-refractivity contribution < 1.29 is 14.6 Å². The fraction of sp³-hybridized carbons (Fsp3) is 0.611.